The first kappa shape index (κ1) is 15.8. The normalized spacial score (nSPS) is 14.6. The minimum Gasteiger partial charge on any atom is -0.490 e. The SMILES string of the molecule is CCCNc1ncnc(N(CCCO)C2CCC2)c1OC. The molecule has 0 radical (unpaired) electrons. The fourth-order valence-electron chi connectivity index (χ4n) is 2.53. The third kappa shape index (κ3) is 3.75. The number of hydrogen-bond donors (Lipinski definition) is 2. The minimum absolute atomic E-state index is 0.192. The van der Waals surface area contributed by atoms with Gasteiger partial charge in [-0.15, -0.1) is 0 Å². The zero-order valence-electron chi connectivity index (χ0n) is 13.0. The van der Waals surface area contributed by atoms with Gasteiger partial charge < -0.3 is 20.1 Å². The number of aliphatic hydroxyl groups excluding tert-OH is 1. The van der Waals surface area contributed by atoms with E-state index in [9.17, 15) is 0 Å². The Kier molecular flexibility index (Phi) is 6.04. The van der Waals surface area contributed by atoms with Crippen molar-refractivity contribution < 1.29 is 9.84 Å². The summed E-state index contributed by atoms with van der Waals surface area (Å²) in [5.41, 5.74) is 0. The zero-order chi connectivity index (χ0) is 15.1. The highest BCUT2D eigenvalue weighted by atomic mass is 16.5. The molecule has 1 aliphatic carbocycles. The van der Waals surface area contributed by atoms with Crippen LogP contribution in [0.4, 0.5) is 11.6 Å². The van der Waals surface area contributed by atoms with Crippen LogP contribution in [0.5, 0.6) is 5.75 Å². The Balaban J connectivity index is 2.25. The molecule has 1 heterocycles. The Labute approximate surface area is 126 Å². The number of hydrogen-bond acceptors (Lipinski definition) is 6. The van der Waals surface area contributed by atoms with Crippen LogP contribution < -0.4 is 15.0 Å². The number of aliphatic hydroxyl groups is 1. The molecule has 21 heavy (non-hydrogen) atoms. The Hall–Kier alpha value is -1.56. The third-order valence-electron chi connectivity index (χ3n) is 3.88. The molecule has 0 bridgehead atoms. The Bertz CT molecular complexity index is 438. The lowest BCUT2D eigenvalue weighted by atomic mass is 9.91. The van der Waals surface area contributed by atoms with Gasteiger partial charge in [0.25, 0.3) is 0 Å². The fourth-order valence-corrected chi connectivity index (χ4v) is 2.53. The van der Waals surface area contributed by atoms with Crippen LogP contribution in [0.25, 0.3) is 0 Å². The third-order valence-corrected chi connectivity index (χ3v) is 3.88. The molecule has 0 saturated heterocycles. The quantitative estimate of drug-likeness (QED) is 0.726. The maximum atomic E-state index is 9.13. The number of anilines is 2. The molecule has 0 unspecified atom stereocenters. The highest BCUT2D eigenvalue weighted by Gasteiger charge is 2.28. The summed E-state index contributed by atoms with van der Waals surface area (Å²) in [5, 5.41) is 12.4. The molecule has 118 valence electrons. The highest BCUT2D eigenvalue weighted by Crippen LogP contribution is 2.37. The number of aromatic nitrogens is 2. The summed E-state index contributed by atoms with van der Waals surface area (Å²) < 4.78 is 5.56. The molecule has 1 saturated carbocycles. The van der Waals surface area contributed by atoms with Crippen molar-refractivity contribution in [3.63, 3.8) is 0 Å². The van der Waals surface area contributed by atoms with E-state index < -0.39 is 0 Å². The van der Waals surface area contributed by atoms with Crippen molar-refractivity contribution >= 4 is 11.6 Å². The van der Waals surface area contributed by atoms with Crippen molar-refractivity contribution in [2.45, 2.75) is 45.1 Å². The van der Waals surface area contributed by atoms with Gasteiger partial charge in [-0.1, -0.05) is 6.92 Å². The topological polar surface area (TPSA) is 70.5 Å². The van der Waals surface area contributed by atoms with Gasteiger partial charge in [0.2, 0.25) is 5.75 Å². The van der Waals surface area contributed by atoms with Crippen molar-refractivity contribution in [2.75, 3.05) is 37.0 Å². The van der Waals surface area contributed by atoms with E-state index in [0.717, 1.165) is 37.6 Å². The van der Waals surface area contributed by atoms with E-state index in [1.54, 1.807) is 13.4 Å². The van der Waals surface area contributed by atoms with E-state index in [-0.39, 0.29) is 6.61 Å². The predicted molar refractivity (Wildman–Crippen MR) is 84.1 cm³/mol. The Morgan fingerprint density at radius 2 is 2.24 bits per heavy atom. The van der Waals surface area contributed by atoms with Crippen LogP contribution in [-0.4, -0.2) is 47.9 Å². The number of methoxy groups -OCH3 is 1. The summed E-state index contributed by atoms with van der Waals surface area (Å²) in [6.45, 7) is 3.95. The van der Waals surface area contributed by atoms with Crippen LogP contribution >= 0.6 is 0 Å². The first-order chi connectivity index (χ1) is 10.3. The minimum atomic E-state index is 0.192. The van der Waals surface area contributed by atoms with Crippen LogP contribution in [0, 0.1) is 0 Å². The summed E-state index contributed by atoms with van der Waals surface area (Å²) in [6, 6.07) is 0.499. The monoisotopic (exact) mass is 294 g/mol. The van der Waals surface area contributed by atoms with Crippen LogP contribution in [0.3, 0.4) is 0 Å². The van der Waals surface area contributed by atoms with Gasteiger partial charge in [-0.05, 0) is 32.1 Å². The lowest BCUT2D eigenvalue weighted by Gasteiger charge is -2.39. The maximum Gasteiger partial charge on any atom is 0.204 e. The van der Waals surface area contributed by atoms with Gasteiger partial charge in [0.15, 0.2) is 11.6 Å². The molecular weight excluding hydrogens is 268 g/mol. The van der Waals surface area contributed by atoms with E-state index in [1.165, 1.54) is 19.3 Å². The van der Waals surface area contributed by atoms with Gasteiger partial charge in [0, 0.05) is 25.7 Å². The van der Waals surface area contributed by atoms with Crippen molar-refractivity contribution in [1.29, 1.82) is 0 Å². The maximum absolute atomic E-state index is 9.13. The molecule has 6 heteroatoms. The van der Waals surface area contributed by atoms with E-state index >= 15 is 0 Å². The molecule has 6 nitrogen and oxygen atoms in total. The molecule has 0 aromatic carbocycles. The first-order valence-electron chi connectivity index (χ1n) is 7.82. The zero-order valence-corrected chi connectivity index (χ0v) is 13.0. The fraction of sp³-hybridized carbons (Fsp3) is 0.733. The molecule has 2 rings (SSSR count). The van der Waals surface area contributed by atoms with Gasteiger partial charge >= 0.3 is 0 Å². The molecule has 2 N–H and O–H groups in total. The van der Waals surface area contributed by atoms with Crippen LogP contribution in [0.15, 0.2) is 6.33 Å². The summed E-state index contributed by atoms with van der Waals surface area (Å²) in [7, 11) is 1.66. The second-order valence-electron chi connectivity index (χ2n) is 5.36. The lowest BCUT2D eigenvalue weighted by Crippen LogP contribution is -2.42. The molecule has 1 aliphatic rings. The average molecular weight is 294 g/mol. The number of rotatable bonds is 9. The average Bonchev–Trinajstić information content (AvgIpc) is 2.46. The lowest BCUT2D eigenvalue weighted by molar-refractivity contribution is 0.282. The van der Waals surface area contributed by atoms with E-state index in [1.807, 2.05) is 0 Å². The number of ether oxygens (including phenoxy) is 1. The van der Waals surface area contributed by atoms with Crippen LogP contribution in [-0.2, 0) is 0 Å². The van der Waals surface area contributed by atoms with Crippen molar-refractivity contribution in [2.24, 2.45) is 0 Å². The molecule has 1 aromatic heterocycles. The van der Waals surface area contributed by atoms with Gasteiger partial charge in [-0.2, -0.15) is 0 Å². The standard InChI is InChI=1S/C15H26N4O2/c1-3-8-16-14-13(21-2)15(18-11-17-14)19(9-5-10-20)12-6-4-7-12/h11-12,20H,3-10H2,1-2H3,(H,16,17,18). The van der Waals surface area contributed by atoms with Crippen LogP contribution in [0.2, 0.25) is 0 Å². The largest absolute Gasteiger partial charge is 0.490 e. The molecular formula is C15H26N4O2. The van der Waals surface area contributed by atoms with E-state index in [4.69, 9.17) is 9.84 Å². The predicted octanol–water partition coefficient (Wildman–Crippen LogP) is 2.05. The molecule has 0 spiro atoms. The van der Waals surface area contributed by atoms with Gasteiger partial charge in [0.05, 0.1) is 7.11 Å². The van der Waals surface area contributed by atoms with E-state index in [2.05, 4.69) is 27.1 Å². The van der Waals surface area contributed by atoms with Gasteiger partial charge in [-0.25, -0.2) is 9.97 Å². The molecule has 1 fully saturated rings. The Morgan fingerprint density at radius 3 is 2.81 bits per heavy atom. The summed E-state index contributed by atoms with van der Waals surface area (Å²) in [5.74, 6) is 2.29. The first-order valence-corrected chi connectivity index (χ1v) is 7.82. The number of nitrogens with zero attached hydrogens (tertiary/aromatic N) is 3. The van der Waals surface area contributed by atoms with Crippen LogP contribution in [0.1, 0.15) is 39.0 Å². The Morgan fingerprint density at radius 1 is 1.43 bits per heavy atom. The van der Waals surface area contributed by atoms with E-state index in [0.29, 0.717) is 11.8 Å². The van der Waals surface area contributed by atoms with Crippen molar-refractivity contribution in [3.05, 3.63) is 6.33 Å². The summed E-state index contributed by atoms with van der Waals surface area (Å²) >= 11 is 0. The van der Waals surface area contributed by atoms with Gasteiger partial charge in [-0.3, -0.25) is 0 Å². The smallest absolute Gasteiger partial charge is 0.204 e. The van der Waals surface area contributed by atoms with Gasteiger partial charge in [0.1, 0.15) is 6.33 Å². The summed E-state index contributed by atoms with van der Waals surface area (Å²) in [4.78, 5) is 11.0. The molecule has 0 amide bonds. The second-order valence-corrected chi connectivity index (χ2v) is 5.36. The van der Waals surface area contributed by atoms with Crippen molar-refractivity contribution in [1.82, 2.24) is 9.97 Å². The highest BCUT2D eigenvalue weighted by molar-refractivity contribution is 5.65. The molecule has 0 aliphatic heterocycles. The van der Waals surface area contributed by atoms with Crippen molar-refractivity contribution in [3.8, 4) is 5.75 Å². The second kappa shape index (κ2) is 8.02. The molecule has 0 atom stereocenters. The molecule has 1 aromatic rings. The summed E-state index contributed by atoms with van der Waals surface area (Å²) in [6.07, 6.45) is 6.96. The number of nitrogens with one attached hydrogen (secondary N) is 1.